The van der Waals surface area contributed by atoms with Gasteiger partial charge in [0.05, 0.1) is 5.41 Å². The van der Waals surface area contributed by atoms with E-state index < -0.39 is 5.41 Å². The zero-order chi connectivity index (χ0) is 9.47. The van der Waals surface area contributed by atoms with Gasteiger partial charge in [-0.3, -0.25) is 19.7 Å². The molecule has 0 aromatic carbocycles. The summed E-state index contributed by atoms with van der Waals surface area (Å²) < 4.78 is 0. The number of imide groups is 1. The van der Waals surface area contributed by atoms with Crippen molar-refractivity contribution >= 4 is 17.7 Å². The number of nitrogens with one attached hydrogen (secondary N) is 2. The largest absolute Gasteiger partial charge is 0.355 e. The van der Waals surface area contributed by atoms with Gasteiger partial charge in [0.2, 0.25) is 17.7 Å². The van der Waals surface area contributed by atoms with Crippen LogP contribution < -0.4 is 10.6 Å². The fourth-order valence-electron chi connectivity index (χ4n) is 1.83. The third kappa shape index (κ3) is 1.20. The lowest BCUT2D eigenvalue weighted by atomic mass is 9.79. The molecular weight excluding hydrogens is 172 g/mol. The predicted molar refractivity (Wildman–Crippen MR) is 42.4 cm³/mol. The van der Waals surface area contributed by atoms with Crippen LogP contribution in [0.2, 0.25) is 0 Å². The standard InChI is InChI=1S/C8H10N2O3/c11-5-1-2-8(7(13)10-5)3-6(12)9-4-8/h1-4H2,(H,9,12)(H,10,11,13). The summed E-state index contributed by atoms with van der Waals surface area (Å²) >= 11 is 0. The minimum absolute atomic E-state index is 0.107. The molecule has 5 nitrogen and oxygen atoms in total. The van der Waals surface area contributed by atoms with Crippen LogP contribution in [0, 0.1) is 5.41 Å². The molecular formula is C8H10N2O3. The quantitative estimate of drug-likeness (QED) is 0.468. The summed E-state index contributed by atoms with van der Waals surface area (Å²) in [5.41, 5.74) is -0.648. The number of hydrogen-bond acceptors (Lipinski definition) is 3. The van der Waals surface area contributed by atoms with E-state index in [9.17, 15) is 14.4 Å². The Morgan fingerprint density at radius 3 is 2.46 bits per heavy atom. The first-order chi connectivity index (χ1) is 6.12. The molecule has 13 heavy (non-hydrogen) atoms. The van der Waals surface area contributed by atoms with Crippen LogP contribution in [-0.2, 0) is 14.4 Å². The van der Waals surface area contributed by atoms with Crippen LogP contribution in [0.15, 0.2) is 0 Å². The van der Waals surface area contributed by atoms with Gasteiger partial charge in [0.15, 0.2) is 0 Å². The van der Waals surface area contributed by atoms with Crippen LogP contribution in [0.1, 0.15) is 19.3 Å². The summed E-state index contributed by atoms with van der Waals surface area (Å²) in [6.45, 7) is 0.366. The monoisotopic (exact) mass is 182 g/mol. The minimum atomic E-state index is -0.648. The fourth-order valence-corrected chi connectivity index (χ4v) is 1.83. The average Bonchev–Trinajstić information content (AvgIpc) is 2.43. The summed E-state index contributed by atoms with van der Waals surface area (Å²) in [5, 5.41) is 4.88. The molecule has 0 saturated carbocycles. The van der Waals surface area contributed by atoms with Crippen LogP contribution in [0.5, 0.6) is 0 Å². The Morgan fingerprint density at radius 2 is 1.92 bits per heavy atom. The first-order valence-electron chi connectivity index (χ1n) is 4.23. The zero-order valence-electron chi connectivity index (χ0n) is 7.05. The molecule has 1 atom stereocenters. The van der Waals surface area contributed by atoms with E-state index in [-0.39, 0.29) is 24.1 Å². The maximum Gasteiger partial charge on any atom is 0.235 e. The highest BCUT2D eigenvalue weighted by Crippen LogP contribution is 2.34. The lowest BCUT2D eigenvalue weighted by Crippen LogP contribution is -2.49. The van der Waals surface area contributed by atoms with E-state index in [4.69, 9.17) is 0 Å². The Kier molecular flexibility index (Phi) is 1.61. The Hall–Kier alpha value is -1.39. The SMILES string of the molecule is O=C1CC2(CCC(=O)NC2=O)CN1. The number of carbonyl (C=O) groups excluding carboxylic acids is 3. The molecule has 0 aromatic heterocycles. The fraction of sp³-hybridized carbons (Fsp3) is 0.625. The van der Waals surface area contributed by atoms with Crippen molar-refractivity contribution in [3.05, 3.63) is 0 Å². The van der Waals surface area contributed by atoms with Crippen LogP contribution in [0.25, 0.3) is 0 Å². The third-order valence-corrected chi connectivity index (χ3v) is 2.69. The molecule has 70 valence electrons. The Balaban J connectivity index is 2.19. The van der Waals surface area contributed by atoms with Crippen molar-refractivity contribution < 1.29 is 14.4 Å². The number of piperidine rings is 1. The van der Waals surface area contributed by atoms with Gasteiger partial charge in [0, 0.05) is 19.4 Å². The molecule has 0 aliphatic carbocycles. The Labute approximate surface area is 74.9 Å². The number of hydrogen-bond donors (Lipinski definition) is 2. The van der Waals surface area contributed by atoms with Crippen LogP contribution in [0.3, 0.4) is 0 Å². The van der Waals surface area contributed by atoms with Crippen molar-refractivity contribution in [1.82, 2.24) is 10.6 Å². The maximum absolute atomic E-state index is 11.5. The van der Waals surface area contributed by atoms with E-state index in [1.54, 1.807) is 0 Å². The molecule has 2 fully saturated rings. The van der Waals surface area contributed by atoms with Gasteiger partial charge in [-0.25, -0.2) is 0 Å². The molecule has 2 aliphatic rings. The van der Waals surface area contributed by atoms with Gasteiger partial charge in [-0.1, -0.05) is 0 Å². The molecule has 1 spiro atoms. The number of rotatable bonds is 0. The molecule has 1 unspecified atom stereocenters. The number of carbonyl (C=O) groups is 3. The van der Waals surface area contributed by atoms with Crippen molar-refractivity contribution in [3.8, 4) is 0 Å². The molecule has 2 heterocycles. The molecule has 2 aliphatic heterocycles. The molecule has 2 N–H and O–H groups in total. The van der Waals surface area contributed by atoms with Gasteiger partial charge in [-0.05, 0) is 6.42 Å². The second-order valence-corrected chi connectivity index (χ2v) is 3.61. The first kappa shape index (κ1) is 8.22. The van der Waals surface area contributed by atoms with E-state index in [0.29, 0.717) is 19.4 Å². The summed E-state index contributed by atoms with van der Waals surface area (Å²) in [5.74, 6) is -0.651. The number of amides is 3. The topological polar surface area (TPSA) is 75.3 Å². The highest BCUT2D eigenvalue weighted by atomic mass is 16.2. The third-order valence-electron chi connectivity index (χ3n) is 2.69. The molecule has 2 rings (SSSR count). The summed E-state index contributed by atoms with van der Waals surface area (Å²) in [6.07, 6.45) is 1.03. The maximum atomic E-state index is 11.5. The second-order valence-electron chi connectivity index (χ2n) is 3.61. The van der Waals surface area contributed by atoms with Crippen LogP contribution >= 0.6 is 0 Å². The van der Waals surface area contributed by atoms with Gasteiger partial charge in [0.1, 0.15) is 0 Å². The van der Waals surface area contributed by atoms with E-state index in [1.807, 2.05) is 0 Å². The smallest absolute Gasteiger partial charge is 0.235 e. The highest BCUT2D eigenvalue weighted by molar-refractivity contribution is 6.03. The van der Waals surface area contributed by atoms with E-state index in [1.165, 1.54) is 0 Å². The molecule has 0 aromatic rings. The van der Waals surface area contributed by atoms with Crippen molar-refractivity contribution in [2.45, 2.75) is 19.3 Å². The first-order valence-corrected chi connectivity index (χ1v) is 4.23. The van der Waals surface area contributed by atoms with Crippen LogP contribution in [0.4, 0.5) is 0 Å². The van der Waals surface area contributed by atoms with Gasteiger partial charge in [-0.15, -0.1) is 0 Å². The Bertz CT molecular complexity index is 300. The van der Waals surface area contributed by atoms with Crippen molar-refractivity contribution in [2.75, 3.05) is 6.54 Å². The second kappa shape index (κ2) is 2.55. The van der Waals surface area contributed by atoms with E-state index in [0.717, 1.165) is 0 Å². The molecule has 0 radical (unpaired) electrons. The van der Waals surface area contributed by atoms with E-state index in [2.05, 4.69) is 10.6 Å². The highest BCUT2D eigenvalue weighted by Gasteiger charge is 2.47. The van der Waals surface area contributed by atoms with Crippen LogP contribution in [-0.4, -0.2) is 24.3 Å². The Morgan fingerprint density at radius 1 is 1.15 bits per heavy atom. The van der Waals surface area contributed by atoms with E-state index >= 15 is 0 Å². The molecule has 3 amide bonds. The lowest BCUT2D eigenvalue weighted by Gasteiger charge is -2.29. The van der Waals surface area contributed by atoms with Gasteiger partial charge in [0.25, 0.3) is 0 Å². The minimum Gasteiger partial charge on any atom is -0.355 e. The summed E-state index contributed by atoms with van der Waals surface area (Å²) in [6, 6.07) is 0. The van der Waals surface area contributed by atoms with Gasteiger partial charge < -0.3 is 5.32 Å². The van der Waals surface area contributed by atoms with Crippen molar-refractivity contribution in [1.29, 1.82) is 0 Å². The van der Waals surface area contributed by atoms with Gasteiger partial charge in [-0.2, -0.15) is 0 Å². The molecule has 5 heteroatoms. The van der Waals surface area contributed by atoms with Crippen molar-refractivity contribution in [2.24, 2.45) is 5.41 Å². The molecule has 2 saturated heterocycles. The van der Waals surface area contributed by atoms with Crippen molar-refractivity contribution in [3.63, 3.8) is 0 Å². The van der Waals surface area contributed by atoms with Gasteiger partial charge >= 0.3 is 0 Å². The zero-order valence-corrected chi connectivity index (χ0v) is 7.05. The average molecular weight is 182 g/mol. The normalized spacial score (nSPS) is 33.4. The molecule has 0 bridgehead atoms. The lowest BCUT2D eigenvalue weighted by molar-refractivity contribution is -0.142. The summed E-state index contributed by atoms with van der Waals surface area (Å²) in [4.78, 5) is 33.3. The summed E-state index contributed by atoms with van der Waals surface area (Å²) in [7, 11) is 0. The predicted octanol–water partition coefficient (Wildman–Crippen LogP) is -1.07.